The number of aryl methyl sites for hydroxylation is 1. The lowest BCUT2D eigenvalue weighted by molar-refractivity contribution is -0.194. The van der Waals surface area contributed by atoms with Gasteiger partial charge in [-0.15, -0.1) is 11.3 Å². The maximum atomic E-state index is 16.1. The molecule has 5 rings (SSSR count). The van der Waals surface area contributed by atoms with E-state index in [0.717, 1.165) is 0 Å². The van der Waals surface area contributed by atoms with Gasteiger partial charge in [0.1, 0.15) is 11.5 Å². The van der Waals surface area contributed by atoms with Crippen LogP contribution < -0.4 is 5.32 Å². The fourth-order valence-corrected chi connectivity index (χ4v) is 5.94. The normalized spacial score (nSPS) is 20.0. The summed E-state index contributed by atoms with van der Waals surface area (Å²) in [6.45, 7) is 1.66. The number of halogens is 5. The van der Waals surface area contributed by atoms with E-state index in [-0.39, 0.29) is 44.2 Å². The lowest BCUT2D eigenvalue weighted by Crippen LogP contribution is -2.56. The number of hydrogen-bond donors (Lipinski definition) is 1. The number of carbonyl (C=O) groups is 3. The minimum atomic E-state index is -4.92. The smallest absolute Gasteiger partial charge is 0.393 e. The first-order valence-corrected chi connectivity index (χ1v) is 13.8. The highest BCUT2D eigenvalue weighted by Crippen LogP contribution is 2.45. The molecule has 10 nitrogen and oxygen atoms in total. The zero-order valence-electron chi connectivity index (χ0n) is 21.5. The molecule has 1 N–H and O–H groups in total. The van der Waals surface area contributed by atoms with Crippen LogP contribution in [0, 0.1) is 18.7 Å². The summed E-state index contributed by atoms with van der Waals surface area (Å²) in [5.41, 5.74) is -0.897. The van der Waals surface area contributed by atoms with Crippen LogP contribution in [-0.4, -0.2) is 76.5 Å². The number of imide groups is 1. The standard InChI is InChI=1S/C25H24ClF4N5O5S/c1-13-15(5-9-40-13)22(36)35-21(31-12-14-2-3-17(26)41-14)19(27)20(32-35)18-16(25(28,29)30)4-6-34(23(18)37)24(38)33-7-10-39-11-8-33/h2-3,5,9,16,18,31H,4,6-8,10-12H2,1H3. The number of carbonyl (C=O) groups excluding carboxylic acids is 3. The number of hydrogen-bond acceptors (Lipinski definition) is 8. The Balaban J connectivity index is 1.56. The maximum Gasteiger partial charge on any atom is 0.393 e. The molecule has 2 unspecified atom stereocenters. The molecule has 0 aliphatic carbocycles. The summed E-state index contributed by atoms with van der Waals surface area (Å²) in [6.07, 6.45) is -4.35. The monoisotopic (exact) mass is 617 g/mol. The third-order valence-corrected chi connectivity index (χ3v) is 8.25. The number of furan rings is 1. The molecular formula is C25H24ClF4N5O5S. The van der Waals surface area contributed by atoms with Crippen molar-refractivity contribution < 1.29 is 41.1 Å². The molecule has 0 radical (unpaired) electrons. The van der Waals surface area contributed by atoms with Crippen molar-refractivity contribution in [2.24, 2.45) is 5.92 Å². The van der Waals surface area contributed by atoms with E-state index in [9.17, 15) is 27.6 Å². The first-order valence-electron chi connectivity index (χ1n) is 12.6. The predicted octanol–water partition coefficient (Wildman–Crippen LogP) is 4.89. The summed E-state index contributed by atoms with van der Waals surface area (Å²) in [5, 5.41) is 6.66. The van der Waals surface area contributed by atoms with Gasteiger partial charge in [0.15, 0.2) is 11.6 Å². The molecule has 2 atom stereocenters. The topological polar surface area (TPSA) is 110 Å². The van der Waals surface area contributed by atoms with Crippen LogP contribution in [0.3, 0.4) is 0 Å². The number of anilines is 1. The molecule has 0 bridgehead atoms. The second-order valence-corrected chi connectivity index (χ2v) is 11.3. The average Bonchev–Trinajstić information content (AvgIpc) is 3.65. The molecule has 2 aliphatic heterocycles. The van der Waals surface area contributed by atoms with Crippen molar-refractivity contribution in [3.8, 4) is 0 Å². The molecule has 0 aromatic carbocycles. The summed E-state index contributed by atoms with van der Waals surface area (Å²) < 4.78 is 70.2. The molecule has 0 spiro atoms. The third-order valence-electron chi connectivity index (χ3n) is 7.02. The molecule has 3 aromatic heterocycles. The minimum absolute atomic E-state index is 0.00673. The van der Waals surface area contributed by atoms with Crippen molar-refractivity contribution in [3.05, 3.63) is 56.5 Å². The molecule has 2 fully saturated rings. The van der Waals surface area contributed by atoms with Crippen molar-refractivity contribution in [1.82, 2.24) is 19.6 Å². The van der Waals surface area contributed by atoms with Crippen molar-refractivity contribution in [2.45, 2.75) is 32.0 Å². The number of piperidine rings is 1. The third kappa shape index (κ3) is 5.70. The Bertz CT molecular complexity index is 1460. The van der Waals surface area contributed by atoms with Gasteiger partial charge in [-0.05, 0) is 31.5 Å². The Kier molecular flexibility index (Phi) is 8.12. The lowest BCUT2D eigenvalue weighted by atomic mass is 9.82. The molecule has 3 amide bonds. The van der Waals surface area contributed by atoms with Crippen molar-refractivity contribution in [3.63, 3.8) is 0 Å². The average molecular weight is 618 g/mol. The number of rotatable bonds is 5. The fourth-order valence-electron chi connectivity index (χ4n) is 4.91. The van der Waals surface area contributed by atoms with E-state index in [4.69, 9.17) is 20.8 Å². The Hall–Kier alpha value is -3.43. The molecule has 220 valence electrons. The first kappa shape index (κ1) is 29.1. The lowest BCUT2D eigenvalue weighted by Gasteiger charge is -2.39. The Morgan fingerprint density at radius 1 is 1.20 bits per heavy atom. The predicted molar refractivity (Wildman–Crippen MR) is 138 cm³/mol. The number of aromatic nitrogens is 2. The van der Waals surface area contributed by atoms with Crippen LogP contribution in [-0.2, 0) is 16.1 Å². The molecule has 0 saturated carbocycles. The van der Waals surface area contributed by atoms with E-state index >= 15 is 4.39 Å². The second-order valence-electron chi connectivity index (χ2n) is 9.50. The molecular weight excluding hydrogens is 594 g/mol. The second kappa shape index (κ2) is 11.4. The van der Waals surface area contributed by atoms with Crippen LogP contribution in [0.4, 0.5) is 28.2 Å². The molecule has 5 heterocycles. The van der Waals surface area contributed by atoms with Gasteiger partial charge in [0.25, 0.3) is 5.91 Å². The first-order chi connectivity index (χ1) is 19.5. The number of ether oxygens (including phenoxy) is 1. The van der Waals surface area contributed by atoms with Crippen LogP contribution >= 0.6 is 22.9 Å². The van der Waals surface area contributed by atoms with E-state index < -0.39 is 66.2 Å². The summed E-state index contributed by atoms with van der Waals surface area (Å²) in [7, 11) is 0. The number of likely N-dealkylation sites (tertiary alicyclic amines) is 1. The van der Waals surface area contributed by atoms with Crippen LogP contribution in [0.5, 0.6) is 0 Å². The van der Waals surface area contributed by atoms with E-state index in [1.165, 1.54) is 35.5 Å². The van der Waals surface area contributed by atoms with E-state index in [0.29, 0.717) is 18.8 Å². The van der Waals surface area contributed by atoms with Gasteiger partial charge in [0.05, 0.1) is 47.8 Å². The van der Waals surface area contributed by atoms with Gasteiger partial charge >= 0.3 is 12.2 Å². The van der Waals surface area contributed by atoms with Crippen molar-refractivity contribution in [2.75, 3.05) is 38.2 Å². The Morgan fingerprint density at radius 2 is 1.93 bits per heavy atom. The van der Waals surface area contributed by atoms with E-state index in [1.54, 1.807) is 12.1 Å². The largest absolute Gasteiger partial charge is 0.469 e. The van der Waals surface area contributed by atoms with Gasteiger partial charge < -0.3 is 19.4 Å². The Labute approximate surface area is 239 Å². The van der Waals surface area contributed by atoms with Gasteiger partial charge in [0.2, 0.25) is 5.91 Å². The quantitative estimate of drug-likeness (QED) is 0.406. The van der Waals surface area contributed by atoms with Gasteiger partial charge in [-0.3, -0.25) is 14.5 Å². The number of urea groups is 1. The number of alkyl halides is 3. The fraction of sp³-hybridized carbons (Fsp3) is 0.440. The van der Waals surface area contributed by atoms with Gasteiger partial charge in [0, 0.05) is 24.5 Å². The summed E-state index contributed by atoms with van der Waals surface area (Å²) in [4.78, 5) is 42.7. The molecule has 3 aromatic rings. The van der Waals surface area contributed by atoms with Crippen LogP contribution in [0.1, 0.15) is 39.0 Å². The molecule has 2 aliphatic rings. The van der Waals surface area contributed by atoms with Crippen molar-refractivity contribution in [1.29, 1.82) is 0 Å². The van der Waals surface area contributed by atoms with Crippen LogP contribution in [0.25, 0.3) is 0 Å². The highest BCUT2D eigenvalue weighted by Gasteiger charge is 2.55. The highest BCUT2D eigenvalue weighted by atomic mass is 35.5. The molecule has 2 saturated heterocycles. The summed E-state index contributed by atoms with van der Waals surface area (Å²) in [5.74, 6) is -8.35. The van der Waals surface area contributed by atoms with E-state index in [2.05, 4.69) is 10.4 Å². The molecule has 41 heavy (non-hydrogen) atoms. The van der Waals surface area contributed by atoms with E-state index in [1.807, 2.05) is 0 Å². The van der Waals surface area contributed by atoms with Gasteiger partial charge in [-0.25, -0.2) is 9.18 Å². The maximum absolute atomic E-state index is 16.1. The number of nitrogens with zero attached hydrogens (tertiary/aromatic N) is 4. The van der Waals surface area contributed by atoms with Crippen molar-refractivity contribution >= 4 is 46.6 Å². The zero-order chi connectivity index (χ0) is 29.5. The number of thiophene rings is 1. The molecule has 16 heteroatoms. The summed E-state index contributed by atoms with van der Waals surface area (Å²) >= 11 is 7.14. The summed E-state index contributed by atoms with van der Waals surface area (Å²) in [6, 6.07) is 3.78. The number of morpholine rings is 1. The minimum Gasteiger partial charge on any atom is -0.469 e. The van der Waals surface area contributed by atoms with Gasteiger partial charge in [-0.1, -0.05) is 11.6 Å². The Morgan fingerprint density at radius 3 is 2.54 bits per heavy atom. The van der Waals surface area contributed by atoms with Gasteiger partial charge in [-0.2, -0.15) is 23.0 Å². The zero-order valence-corrected chi connectivity index (χ0v) is 23.1. The highest BCUT2D eigenvalue weighted by molar-refractivity contribution is 7.16. The number of amides is 3. The SMILES string of the molecule is Cc1occc1C(=O)n1nc(C2C(=O)N(C(=O)N3CCOCC3)CCC2C(F)(F)F)c(F)c1NCc1ccc(Cl)s1. The number of nitrogens with one attached hydrogen (secondary N) is 1. The van der Waals surface area contributed by atoms with Crippen LogP contribution in [0.15, 0.2) is 28.9 Å². The van der Waals surface area contributed by atoms with Crippen LogP contribution in [0.2, 0.25) is 4.34 Å².